The first-order chi connectivity index (χ1) is 13.8. The Labute approximate surface area is 167 Å². The molecule has 3 rings (SSSR count). The first-order valence-electron chi connectivity index (χ1n) is 8.31. The molecule has 2 heterocycles. The van der Waals surface area contributed by atoms with Crippen molar-refractivity contribution in [3.63, 3.8) is 0 Å². The van der Waals surface area contributed by atoms with Gasteiger partial charge < -0.3 is 18.5 Å². The summed E-state index contributed by atoms with van der Waals surface area (Å²) in [7, 11) is 1.54. The molecular weight excluding hydrogens is 411 g/mol. The highest BCUT2D eigenvalue weighted by atomic mass is 32.2. The minimum absolute atomic E-state index is 0.0779. The van der Waals surface area contributed by atoms with Crippen molar-refractivity contribution in [2.24, 2.45) is 0 Å². The van der Waals surface area contributed by atoms with E-state index in [0.29, 0.717) is 16.2 Å². The molecule has 7 nitrogen and oxygen atoms in total. The van der Waals surface area contributed by atoms with E-state index in [1.807, 2.05) is 0 Å². The summed E-state index contributed by atoms with van der Waals surface area (Å²) in [5.74, 6) is 0.126. The lowest BCUT2D eigenvalue weighted by atomic mass is 10.2. The molecule has 0 bridgehead atoms. The molecule has 0 spiro atoms. The molecule has 0 fully saturated rings. The highest BCUT2D eigenvalue weighted by molar-refractivity contribution is 7.99. The van der Waals surface area contributed by atoms with Crippen molar-refractivity contribution in [1.29, 1.82) is 0 Å². The van der Waals surface area contributed by atoms with E-state index in [-0.39, 0.29) is 29.2 Å². The number of rotatable bonds is 8. The molecule has 3 aromatic rings. The van der Waals surface area contributed by atoms with Gasteiger partial charge in [0.05, 0.1) is 25.7 Å². The fourth-order valence-electron chi connectivity index (χ4n) is 2.37. The van der Waals surface area contributed by atoms with Gasteiger partial charge in [-0.05, 0) is 36.4 Å². The summed E-state index contributed by atoms with van der Waals surface area (Å²) in [5, 5.41) is 7.78. The fraction of sp³-hybridized carbons (Fsp3) is 0.278. The van der Waals surface area contributed by atoms with Crippen LogP contribution in [0.3, 0.4) is 0 Å². The normalized spacial score (nSPS) is 11.4. The Morgan fingerprint density at radius 1 is 1.21 bits per heavy atom. The zero-order valence-electron chi connectivity index (χ0n) is 15.2. The Morgan fingerprint density at radius 2 is 1.97 bits per heavy atom. The lowest BCUT2D eigenvalue weighted by Gasteiger charge is -2.22. The summed E-state index contributed by atoms with van der Waals surface area (Å²) in [6.07, 6.45) is -3.20. The van der Waals surface area contributed by atoms with Crippen LogP contribution >= 0.6 is 11.8 Å². The first-order valence-corrected chi connectivity index (χ1v) is 9.30. The topological polar surface area (TPSA) is 81.6 Å². The molecule has 0 saturated carbocycles. The molecule has 0 aliphatic carbocycles. The second-order valence-electron chi connectivity index (χ2n) is 5.83. The Bertz CT molecular complexity index is 927. The largest absolute Gasteiger partial charge is 0.497 e. The lowest BCUT2D eigenvalue weighted by molar-refractivity contribution is -0.161. The number of amides is 1. The van der Waals surface area contributed by atoms with E-state index in [1.54, 1.807) is 37.4 Å². The van der Waals surface area contributed by atoms with Crippen molar-refractivity contribution < 1.29 is 31.5 Å². The molecule has 0 unspecified atom stereocenters. The summed E-state index contributed by atoms with van der Waals surface area (Å²) in [6, 6.07) is 9.93. The zero-order chi connectivity index (χ0) is 20.9. The molecule has 1 aromatic carbocycles. The number of methoxy groups -OCH3 is 1. The molecule has 0 N–H and O–H groups in total. The number of benzene rings is 1. The molecule has 0 saturated heterocycles. The van der Waals surface area contributed by atoms with E-state index in [2.05, 4.69) is 10.2 Å². The van der Waals surface area contributed by atoms with Crippen LogP contribution in [0.5, 0.6) is 5.75 Å². The van der Waals surface area contributed by atoms with Gasteiger partial charge in [-0.25, -0.2) is 0 Å². The number of ether oxygens (including phenoxy) is 1. The SMILES string of the molecule is COc1ccc(-c2nnc(SCC(=O)N(Cc3ccco3)CC(F)(F)F)o2)cc1. The number of nitrogens with zero attached hydrogens (tertiary/aromatic N) is 3. The van der Waals surface area contributed by atoms with Crippen molar-refractivity contribution >= 4 is 17.7 Å². The van der Waals surface area contributed by atoms with Crippen LogP contribution in [0.1, 0.15) is 5.76 Å². The summed E-state index contributed by atoms with van der Waals surface area (Å²) < 4.78 is 54.0. The number of furan rings is 1. The Balaban J connectivity index is 1.62. The molecule has 11 heteroatoms. The third kappa shape index (κ3) is 6.01. The zero-order valence-corrected chi connectivity index (χ0v) is 16.0. The number of alkyl halides is 3. The highest BCUT2D eigenvalue weighted by Gasteiger charge is 2.33. The molecule has 29 heavy (non-hydrogen) atoms. The molecule has 0 aliphatic rings. The quantitative estimate of drug-likeness (QED) is 0.502. The molecule has 2 aromatic heterocycles. The van der Waals surface area contributed by atoms with E-state index in [4.69, 9.17) is 13.6 Å². The van der Waals surface area contributed by atoms with Gasteiger partial charge in [-0.1, -0.05) is 11.8 Å². The number of carbonyl (C=O) groups is 1. The van der Waals surface area contributed by atoms with Gasteiger partial charge in [0, 0.05) is 5.56 Å². The summed E-state index contributed by atoms with van der Waals surface area (Å²) >= 11 is 0.864. The van der Waals surface area contributed by atoms with E-state index < -0.39 is 18.6 Å². The van der Waals surface area contributed by atoms with Crippen LogP contribution in [0.25, 0.3) is 11.5 Å². The third-order valence-corrected chi connectivity index (χ3v) is 4.52. The summed E-state index contributed by atoms with van der Waals surface area (Å²) in [6.45, 7) is -1.67. The molecular formula is C18H16F3N3O4S. The van der Waals surface area contributed by atoms with E-state index in [0.717, 1.165) is 11.8 Å². The van der Waals surface area contributed by atoms with Crippen LogP contribution in [-0.2, 0) is 11.3 Å². The fourth-order valence-corrected chi connectivity index (χ4v) is 3.04. The van der Waals surface area contributed by atoms with Crippen LogP contribution < -0.4 is 4.74 Å². The number of thioether (sulfide) groups is 1. The molecule has 1 amide bonds. The number of carbonyl (C=O) groups excluding carboxylic acids is 1. The maximum absolute atomic E-state index is 12.8. The molecule has 0 atom stereocenters. The first kappa shape index (κ1) is 20.8. The average molecular weight is 427 g/mol. The van der Waals surface area contributed by atoms with Crippen LogP contribution in [0.15, 0.2) is 56.7 Å². The highest BCUT2D eigenvalue weighted by Crippen LogP contribution is 2.26. The van der Waals surface area contributed by atoms with E-state index in [1.165, 1.54) is 12.3 Å². The van der Waals surface area contributed by atoms with Gasteiger partial charge >= 0.3 is 6.18 Å². The minimum atomic E-state index is -4.53. The van der Waals surface area contributed by atoms with Gasteiger partial charge in [0.2, 0.25) is 11.8 Å². The predicted octanol–water partition coefficient (Wildman–Crippen LogP) is 4.02. The predicted molar refractivity (Wildman–Crippen MR) is 97.2 cm³/mol. The second-order valence-corrected chi connectivity index (χ2v) is 6.76. The molecule has 154 valence electrons. The second kappa shape index (κ2) is 9.03. The Kier molecular flexibility index (Phi) is 6.47. The van der Waals surface area contributed by atoms with Crippen LogP contribution in [-0.4, -0.2) is 46.6 Å². The standard InChI is InChI=1S/C18H16F3N3O4S/c1-26-13-6-4-12(5-7-13)16-22-23-17(28-16)29-10-15(25)24(11-18(19,20)21)9-14-3-2-8-27-14/h2-8H,9-11H2,1H3. The van der Waals surface area contributed by atoms with Gasteiger partial charge in [0.25, 0.3) is 5.22 Å². The van der Waals surface area contributed by atoms with Gasteiger partial charge in [0.1, 0.15) is 18.1 Å². The van der Waals surface area contributed by atoms with Crippen molar-refractivity contribution in [2.75, 3.05) is 19.4 Å². The van der Waals surface area contributed by atoms with Crippen LogP contribution in [0, 0.1) is 0 Å². The van der Waals surface area contributed by atoms with Crippen LogP contribution in [0.4, 0.5) is 13.2 Å². The molecule has 0 radical (unpaired) electrons. The number of hydrogen-bond donors (Lipinski definition) is 0. The number of hydrogen-bond acceptors (Lipinski definition) is 7. The van der Waals surface area contributed by atoms with Crippen molar-refractivity contribution in [1.82, 2.24) is 15.1 Å². The maximum Gasteiger partial charge on any atom is 0.406 e. The van der Waals surface area contributed by atoms with Crippen molar-refractivity contribution in [3.05, 3.63) is 48.4 Å². The monoisotopic (exact) mass is 427 g/mol. The third-order valence-electron chi connectivity index (χ3n) is 3.71. The lowest BCUT2D eigenvalue weighted by Crippen LogP contribution is -2.39. The minimum Gasteiger partial charge on any atom is -0.497 e. The summed E-state index contributed by atoms with van der Waals surface area (Å²) in [4.78, 5) is 13.0. The van der Waals surface area contributed by atoms with Gasteiger partial charge in [-0.3, -0.25) is 4.79 Å². The van der Waals surface area contributed by atoms with Crippen molar-refractivity contribution in [2.45, 2.75) is 17.9 Å². The Morgan fingerprint density at radius 3 is 2.59 bits per heavy atom. The van der Waals surface area contributed by atoms with E-state index >= 15 is 0 Å². The Hall–Kier alpha value is -2.95. The average Bonchev–Trinajstić information content (AvgIpc) is 3.36. The van der Waals surface area contributed by atoms with E-state index in [9.17, 15) is 18.0 Å². The van der Waals surface area contributed by atoms with Gasteiger partial charge in [0.15, 0.2) is 0 Å². The number of aromatic nitrogens is 2. The molecule has 0 aliphatic heterocycles. The summed E-state index contributed by atoms with van der Waals surface area (Å²) in [5.41, 5.74) is 0.646. The van der Waals surface area contributed by atoms with Gasteiger partial charge in [-0.15, -0.1) is 10.2 Å². The van der Waals surface area contributed by atoms with Crippen LogP contribution in [0.2, 0.25) is 0 Å². The van der Waals surface area contributed by atoms with Crippen molar-refractivity contribution in [3.8, 4) is 17.2 Å². The maximum atomic E-state index is 12.8. The van der Waals surface area contributed by atoms with Gasteiger partial charge in [-0.2, -0.15) is 13.2 Å². The smallest absolute Gasteiger partial charge is 0.406 e. The number of halogens is 3.